The molecule has 1 saturated heterocycles. The summed E-state index contributed by atoms with van der Waals surface area (Å²) in [5.74, 6) is 0.889. The average molecular weight is 307 g/mol. The number of piperidine rings is 1. The van der Waals surface area contributed by atoms with Gasteiger partial charge in [-0.05, 0) is 38.3 Å². The number of para-hydroxylation sites is 1. The van der Waals surface area contributed by atoms with Gasteiger partial charge in [0.2, 0.25) is 0 Å². The molecular weight excluding hydrogens is 288 g/mol. The first-order valence-corrected chi connectivity index (χ1v) is 7.66. The maximum atomic E-state index is 12.7. The SMILES string of the molecule is Cc1c(C(=O)N2CCC(CN)CC2)oc2c(Cl)cccc12. The first-order valence-electron chi connectivity index (χ1n) is 7.28. The number of likely N-dealkylation sites (tertiary alicyclic amines) is 1. The van der Waals surface area contributed by atoms with Crippen molar-refractivity contribution in [2.24, 2.45) is 11.7 Å². The van der Waals surface area contributed by atoms with Gasteiger partial charge in [-0.1, -0.05) is 23.7 Å². The average Bonchev–Trinajstić information content (AvgIpc) is 2.85. The van der Waals surface area contributed by atoms with Gasteiger partial charge < -0.3 is 15.1 Å². The van der Waals surface area contributed by atoms with Crippen LogP contribution >= 0.6 is 11.6 Å². The highest BCUT2D eigenvalue weighted by Crippen LogP contribution is 2.31. The second-order valence-electron chi connectivity index (χ2n) is 5.64. The number of furan rings is 1. The molecule has 0 atom stereocenters. The van der Waals surface area contributed by atoms with Crippen molar-refractivity contribution in [1.29, 1.82) is 0 Å². The summed E-state index contributed by atoms with van der Waals surface area (Å²) in [7, 11) is 0. The Bertz CT molecular complexity index is 672. The van der Waals surface area contributed by atoms with Gasteiger partial charge >= 0.3 is 0 Å². The van der Waals surface area contributed by atoms with Gasteiger partial charge in [0.05, 0.1) is 5.02 Å². The van der Waals surface area contributed by atoms with Crippen molar-refractivity contribution in [1.82, 2.24) is 4.90 Å². The Morgan fingerprint density at radius 1 is 1.43 bits per heavy atom. The van der Waals surface area contributed by atoms with Crippen LogP contribution in [0.5, 0.6) is 0 Å². The van der Waals surface area contributed by atoms with E-state index >= 15 is 0 Å². The number of fused-ring (bicyclic) bond motifs is 1. The van der Waals surface area contributed by atoms with Gasteiger partial charge in [0, 0.05) is 24.0 Å². The van der Waals surface area contributed by atoms with Gasteiger partial charge in [-0.25, -0.2) is 0 Å². The third-order valence-corrected chi connectivity index (χ3v) is 4.64. The number of amides is 1. The minimum absolute atomic E-state index is 0.0461. The van der Waals surface area contributed by atoms with Crippen LogP contribution in [0.25, 0.3) is 11.0 Å². The maximum absolute atomic E-state index is 12.7. The molecule has 0 bridgehead atoms. The molecule has 0 aliphatic carbocycles. The van der Waals surface area contributed by atoms with Crippen molar-refractivity contribution in [2.75, 3.05) is 19.6 Å². The van der Waals surface area contributed by atoms with Crippen LogP contribution in [0.15, 0.2) is 22.6 Å². The molecule has 112 valence electrons. The first kappa shape index (κ1) is 14.4. The second-order valence-corrected chi connectivity index (χ2v) is 6.05. The molecule has 0 spiro atoms. The van der Waals surface area contributed by atoms with E-state index in [0.29, 0.717) is 28.8 Å². The lowest BCUT2D eigenvalue weighted by Gasteiger charge is -2.30. The van der Waals surface area contributed by atoms with E-state index in [1.54, 1.807) is 6.07 Å². The molecule has 21 heavy (non-hydrogen) atoms. The van der Waals surface area contributed by atoms with Crippen molar-refractivity contribution < 1.29 is 9.21 Å². The molecule has 2 N–H and O–H groups in total. The van der Waals surface area contributed by atoms with Crippen LogP contribution in [0.2, 0.25) is 5.02 Å². The first-order chi connectivity index (χ1) is 10.1. The highest BCUT2D eigenvalue weighted by Gasteiger charge is 2.27. The van der Waals surface area contributed by atoms with Crippen LogP contribution in [-0.2, 0) is 0 Å². The van der Waals surface area contributed by atoms with Gasteiger partial charge in [0.15, 0.2) is 11.3 Å². The molecule has 2 aromatic rings. The highest BCUT2D eigenvalue weighted by atomic mass is 35.5. The number of halogens is 1. The van der Waals surface area contributed by atoms with E-state index in [0.717, 1.165) is 36.9 Å². The number of benzene rings is 1. The van der Waals surface area contributed by atoms with Crippen LogP contribution in [-0.4, -0.2) is 30.4 Å². The minimum atomic E-state index is -0.0461. The Hall–Kier alpha value is -1.52. The Morgan fingerprint density at radius 3 is 2.76 bits per heavy atom. The number of aryl methyl sites for hydroxylation is 1. The molecule has 1 aromatic carbocycles. The van der Waals surface area contributed by atoms with Crippen molar-refractivity contribution >= 4 is 28.5 Å². The zero-order chi connectivity index (χ0) is 15.0. The van der Waals surface area contributed by atoms with E-state index in [9.17, 15) is 4.79 Å². The zero-order valence-corrected chi connectivity index (χ0v) is 12.8. The van der Waals surface area contributed by atoms with Crippen molar-refractivity contribution in [3.63, 3.8) is 0 Å². The molecular formula is C16H19ClN2O2. The fraction of sp³-hybridized carbons (Fsp3) is 0.438. The van der Waals surface area contributed by atoms with E-state index in [1.165, 1.54) is 0 Å². The zero-order valence-electron chi connectivity index (χ0n) is 12.1. The predicted molar refractivity (Wildman–Crippen MR) is 83.6 cm³/mol. The summed E-state index contributed by atoms with van der Waals surface area (Å²) >= 11 is 6.14. The Balaban J connectivity index is 1.89. The van der Waals surface area contributed by atoms with E-state index < -0.39 is 0 Å². The van der Waals surface area contributed by atoms with E-state index in [-0.39, 0.29) is 5.91 Å². The van der Waals surface area contributed by atoms with E-state index in [1.807, 2.05) is 24.0 Å². The monoisotopic (exact) mass is 306 g/mol. The summed E-state index contributed by atoms with van der Waals surface area (Å²) in [5, 5.41) is 1.44. The molecule has 4 nitrogen and oxygen atoms in total. The molecule has 3 rings (SSSR count). The molecule has 0 radical (unpaired) electrons. The molecule has 0 saturated carbocycles. The molecule has 1 amide bonds. The number of carbonyl (C=O) groups is 1. The van der Waals surface area contributed by atoms with Crippen LogP contribution in [0, 0.1) is 12.8 Å². The summed E-state index contributed by atoms with van der Waals surface area (Å²) in [6.07, 6.45) is 1.92. The number of hydrogen-bond donors (Lipinski definition) is 1. The maximum Gasteiger partial charge on any atom is 0.289 e. The number of nitrogens with zero attached hydrogens (tertiary/aromatic N) is 1. The second kappa shape index (κ2) is 5.70. The third-order valence-electron chi connectivity index (χ3n) is 4.35. The van der Waals surface area contributed by atoms with Gasteiger partial charge in [-0.15, -0.1) is 0 Å². The molecule has 2 heterocycles. The largest absolute Gasteiger partial charge is 0.449 e. The molecule has 1 aromatic heterocycles. The lowest BCUT2D eigenvalue weighted by molar-refractivity contribution is 0.0662. The van der Waals surface area contributed by atoms with E-state index in [4.69, 9.17) is 21.8 Å². The van der Waals surface area contributed by atoms with Crippen molar-refractivity contribution in [3.8, 4) is 0 Å². The number of rotatable bonds is 2. The topological polar surface area (TPSA) is 59.5 Å². The highest BCUT2D eigenvalue weighted by molar-refractivity contribution is 6.35. The summed E-state index contributed by atoms with van der Waals surface area (Å²) < 4.78 is 5.75. The minimum Gasteiger partial charge on any atom is -0.449 e. The lowest BCUT2D eigenvalue weighted by Crippen LogP contribution is -2.40. The molecule has 1 fully saturated rings. The van der Waals surface area contributed by atoms with Gasteiger partial charge in [0.25, 0.3) is 5.91 Å². The third kappa shape index (κ3) is 2.54. The van der Waals surface area contributed by atoms with Crippen LogP contribution < -0.4 is 5.73 Å². The standard InChI is InChI=1S/C16H19ClN2O2/c1-10-12-3-2-4-13(17)15(12)21-14(10)16(20)19-7-5-11(9-18)6-8-19/h2-4,11H,5-9,18H2,1H3. The fourth-order valence-corrected chi connectivity index (χ4v) is 3.14. The van der Waals surface area contributed by atoms with Crippen molar-refractivity contribution in [2.45, 2.75) is 19.8 Å². The van der Waals surface area contributed by atoms with Crippen molar-refractivity contribution in [3.05, 3.63) is 34.5 Å². The van der Waals surface area contributed by atoms with Gasteiger partial charge in [-0.2, -0.15) is 0 Å². The predicted octanol–water partition coefficient (Wildman–Crippen LogP) is 3.21. The van der Waals surface area contributed by atoms with Crippen LogP contribution in [0.3, 0.4) is 0 Å². The number of carbonyl (C=O) groups excluding carboxylic acids is 1. The number of hydrogen-bond acceptors (Lipinski definition) is 3. The molecule has 0 unspecified atom stereocenters. The fourth-order valence-electron chi connectivity index (χ4n) is 2.93. The Kier molecular flexibility index (Phi) is 3.91. The number of nitrogens with two attached hydrogens (primary N) is 1. The Morgan fingerprint density at radius 2 is 2.14 bits per heavy atom. The van der Waals surface area contributed by atoms with Gasteiger partial charge in [-0.3, -0.25) is 4.79 Å². The molecule has 1 aliphatic heterocycles. The summed E-state index contributed by atoms with van der Waals surface area (Å²) in [6, 6.07) is 5.57. The molecule has 5 heteroatoms. The van der Waals surface area contributed by atoms with Crippen LogP contribution in [0.4, 0.5) is 0 Å². The Labute approximate surface area is 128 Å². The summed E-state index contributed by atoms with van der Waals surface area (Å²) in [5.41, 5.74) is 7.15. The van der Waals surface area contributed by atoms with Crippen LogP contribution in [0.1, 0.15) is 29.0 Å². The van der Waals surface area contributed by atoms with Gasteiger partial charge in [0.1, 0.15) is 0 Å². The smallest absolute Gasteiger partial charge is 0.289 e. The van der Waals surface area contributed by atoms with E-state index in [2.05, 4.69) is 0 Å². The summed E-state index contributed by atoms with van der Waals surface area (Å²) in [4.78, 5) is 14.5. The molecule has 1 aliphatic rings. The quantitative estimate of drug-likeness (QED) is 0.927. The summed E-state index contributed by atoms with van der Waals surface area (Å²) in [6.45, 7) is 4.08. The lowest BCUT2D eigenvalue weighted by atomic mass is 9.97. The normalized spacial score (nSPS) is 16.6.